The van der Waals surface area contributed by atoms with Crippen LogP contribution in [0.1, 0.15) is 27.3 Å². The van der Waals surface area contributed by atoms with Crippen LogP contribution in [-0.2, 0) is 0 Å². The molecule has 5 heteroatoms. The smallest absolute Gasteiger partial charge is 0.270 e. The summed E-state index contributed by atoms with van der Waals surface area (Å²) in [6, 6.07) is 19.2. The molecule has 0 atom stereocenters. The number of aryl methyl sites for hydroxylation is 1. The van der Waals surface area contributed by atoms with Gasteiger partial charge in [-0.25, -0.2) is 0 Å². The minimum absolute atomic E-state index is 0.139. The summed E-state index contributed by atoms with van der Waals surface area (Å²) >= 11 is 0. The van der Waals surface area contributed by atoms with E-state index in [9.17, 15) is 4.79 Å². The van der Waals surface area contributed by atoms with Crippen LogP contribution >= 0.6 is 0 Å². The summed E-state index contributed by atoms with van der Waals surface area (Å²) in [7, 11) is 4.02. The Morgan fingerprint density at radius 1 is 1.04 bits per heavy atom. The van der Waals surface area contributed by atoms with Crippen LogP contribution in [0.25, 0.3) is 0 Å². The largest absolute Gasteiger partial charge is 0.378 e. The molecule has 1 N–H and O–H groups in total. The molecule has 0 saturated heterocycles. The molecule has 5 nitrogen and oxygen atoms in total. The summed E-state index contributed by atoms with van der Waals surface area (Å²) in [5.41, 5.74) is 8.44. The fourth-order valence-electron chi connectivity index (χ4n) is 2.83. The van der Waals surface area contributed by atoms with Crippen LogP contribution in [0.4, 0.5) is 11.4 Å². The van der Waals surface area contributed by atoms with E-state index in [0.717, 1.165) is 28.3 Å². The quantitative estimate of drug-likeness (QED) is 0.690. The van der Waals surface area contributed by atoms with Gasteiger partial charge >= 0.3 is 0 Å². The van der Waals surface area contributed by atoms with Crippen LogP contribution < -0.4 is 10.3 Å². The molecule has 3 rings (SSSR count). The summed E-state index contributed by atoms with van der Waals surface area (Å²) in [5, 5.41) is 0. The van der Waals surface area contributed by atoms with Crippen LogP contribution in [0.3, 0.4) is 0 Å². The fourth-order valence-corrected chi connectivity index (χ4v) is 2.83. The first-order valence-electron chi connectivity index (χ1n) is 8.82. The molecule has 1 amide bonds. The average Bonchev–Trinajstić information content (AvgIpc) is 2.95. The predicted octanol–water partition coefficient (Wildman–Crippen LogP) is 4.31. The van der Waals surface area contributed by atoms with Crippen molar-refractivity contribution >= 4 is 23.5 Å². The fraction of sp³-hybridized carbons (Fsp3) is 0.182. The zero-order valence-corrected chi connectivity index (χ0v) is 16.1. The lowest BCUT2D eigenvalue weighted by Crippen LogP contribution is -2.24. The van der Waals surface area contributed by atoms with Crippen molar-refractivity contribution in [3.05, 3.63) is 83.2 Å². The van der Waals surface area contributed by atoms with Crippen molar-refractivity contribution in [2.75, 3.05) is 24.4 Å². The Morgan fingerprint density at radius 3 is 2.33 bits per heavy atom. The van der Waals surface area contributed by atoms with Crippen molar-refractivity contribution in [1.29, 1.82) is 0 Å². The second-order valence-electron chi connectivity index (χ2n) is 6.64. The molecule has 2 aromatic carbocycles. The molecule has 0 aliphatic heterocycles. The maximum Gasteiger partial charge on any atom is 0.270 e. The lowest BCUT2D eigenvalue weighted by molar-refractivity contribution is 0.101. The van der Waals surface area contributed by atoms with Crippen molar-refractivity contribution in [2.45, 2.75) is 13.8 Å². The highest BCUT2D eigenvalue weighted by Gasteiger charge is 2.11. The van der Waals surface area contributed by atoms with Crippen molar-refractivity contribution in [3.8, 4) is 0 Å². The first-order chi connectivity index (χ1) is 13.0. The number of amides is 1. The summed E-state index contributed by atoms with van der Waals surface area (Å²) in [6.45, 7) is 3.93. The van der Waals surface area contributed by atoms with E-state index in [1.54, 1.807) is 16.8 Å². The Kier molecular flexibility index (Phi) is 5.41. The minimum Gasteiger partial charge on any atom is -0.378 e. The van der Waals surface area contributed by atoms with Crippen LogP contribution in [0.2, 0.25) is 0 Å². The molecule has 0 unspecified atom stereocenters. The van der Waals surface area contributed by atoms with Gasteiger partial charge in [0.1, 0.15) is 0 Å². The Morgan fingerprint density at radius 2 is 1.70 bits per heavy atom. The number of hydrogen-bond donors (Lipinski definition) is 1. The van der Waals surface area contributed by atoms with E-state index < -0.39 is 0 Å². The molecule has 27 heavy (non-hydrogen) atoms. The predicted molar refractivity (Wildman–Crippen MR) is 112 cm³/mol. The van der Waals surface area contributed by atoms with E-state index in [-0.39, 0.29) is 5.91 Å². The molecular weight excluding hydrogens is 336 g/mol. The molecule has 0 bridgehead atoms. The van der Waals surface area contributed by atoms with Gasteiger partial charge in [0.25, 0.3) is 5.91 Å². The second kappa shape index (κ2) is 7.91. The summed E-state index contributed by atoms with van der Waals surface area (Å²) < 4.78 is 1.80. The standard InChI is InChI=1S/C22H24N4O/c1-16-14-19(15-23-20-10-12-21(13-11-20)25(3)4)17(2)26(16)24-22(27)18-8-6-5-7-9-18/h5-15H,1-4H3,(H,24,27). The topological polar surface area (TPSA) is 49.6 Å². The zero-order valence-electron chi connectivity index (χ0n) is 16.1. The van der Waals surface area contributed by atoms with Crippen LogP contribution in [0.15, 0.2) is 65.7 Å². The highest BCUT2D eigenvalue weighted by molar-refractivity contribution is 6.00. The van der Waals surface area contributed by atoms with Gasteiger partial charge in [-0.05, 0) is 56.3 Å². The van der Waals surface area contributed by atoms with E-state index in [1.165, 1.54) is 0 Å². The van der Waals surface area contributed by atoms with Gasteiger partial charge in [-0.1, -0.05) is 18.2 Å². The Bertz CT molecular complexity index is 954. The minimum atomic E-state index is -0.139. The molecule has 0 saturated carbocycles. The van der Waals surface area contributed by atoms with Crippen molar-refractivity contribution < 1.29 is 4.79 Å². The summed E-state index contributed by atoms with van der Waals surface area (Å²) in [5.74, 6) is -0.139. The average molecular weight is 360 g/mol. The van der Waals surface area contributed by atoms with E-state index >= 15 is 0 Å². The summed E-state index contributed by atoms with van der Waals surface area (Å²) in [4.78, 5) is 19.0. The maximum absolute atomic E-state index is 12.4. The first-order valence-corrected chi connectivity index (χ1v) is 8.82. The number of nitrogens with zero attached hydrogens (tertiary/aromatic N) is 3. The molecule has 0 aliphatic rings. The lowest BCUT2D eigenvalue weighted by Gasteiger charge is -2.11. The number of carbonyl (C=O) groups is 1. The number of aromatic nitrogens is 1. The molecule has 0 fully saturated rings. The molecule has 0 spiro atoms. The van der Waals surface area contributed by atoms with Crippen LogP contribution in [-0.4, -0.2) is 30.9 Å². The normalized spacial score (nSPS) is 11.0. The number of anilines is 1. The van der Waals surface area contributed by atoms with Gasteiger partial charge in [0.05, 0.1) is 5.69 Å². The van der Waals surface area contributed by atoms with Crippen molar-refractivity contribution in [3.63, 3.8) is 0 Å². The lowest BCUT2D eigenvalue weighted by atomic mass is 10.2. The third kappa shape index (κ3) is 4.26. The first kappa shape index (κ1) is 18.5. The zero-order chi connectivity index (χ0) is 19.4. The number of hydrogen-bond acceptors (Lipinski definition) is 3. The Balaban J connectivity index is 1.78. The Labute approximate surface area is 159 Å². The Hall–Kier alpha value is -3.34. The molecule has 1 aromatic heterocycles. The van der Waals surface area contributed by atoms with Gasteiger partial charge in [0, 0.05) is 48.5 Å². The molecule has 138 valence electrons. The van der Waals surface area contributed by atoms with Gasteiger partial charge < -0.3 is 4.90 Å². The number of benzene rings is 2. The van der Waals surface area contributed by atoms with E-state index in [1.807, 2.05) is 82.7 Å². The van der Waals surface area contributed by atoms with Gasteiger partial charge in [-0.15, -0.1) is 0 Å². The number of carbonyl (C=O) groups excluding carboxylic acids is 1. The molecular formula is C22H24N4O. The molecule has 0 radical (unpaired) electrons. The van der Waals surface area contributed by atoms with Crippen molar-refractivity contribution in [1.82, 2.24) is 4.68 Å². The summed E-state index contributed by atoms with van der Waals surface area (Å²) in [6.07, 6.45) is 1.83. The number of aliphatic imine (C=N–C) groups is 1. The highest BCUT2D eigenvalue weighted by Crippen LogP contribution is 2.19. The van der Waals surface area contributed by atoms with Gasteiger partial charge in [-0.2, -0.15) is 0 Å². The van der Waals surface area contributed by atoms with Crippen LogP contribution in [0, 0.1) is 13.8 Å². The third-order valence-electron chi connectivity index (χ3n) is 4.44. The monoisotopic (exact) mass is 360 g/mol. The molecule has 0 aliphatic carbocycles. The van der Waals surface area contributed by atoms with Gasteiger partial charge in [0.15, 0.2) is 0 Å². The van der Waals surface area contributed by atoms with E-state index in [0.29, 0.717) is 5.56 Å². The number of rotatable bonds is 5. The molecule has 1 heterocycles. The van der Waals surface area contributed by atoms with E-state index in [2.05, 4.69) is 15.3 Å². The van der Waals surface area contributed by atoms with Gasteiger partial charge in [0.2, 0.25) is 0 Å². The third-order valence-corrected chi connectivity index (χ3v) is 4.44. The number of nitrogens with one attached hydrogen (secondary N) is 1. The van der Waals surface area contributed by atoms with Crippen molar-refractivity contribution in [2.24, 2.45) is 4.99 Å². The van der Waals surface area contributed by atoms with E-state index in [4.69, 9.17) is 0 Å². The second-order valence-corrected chi connectivity index (χ2v) is 6.64. The molecule has 3 aromatic rings. The van der Waals surface area contributed by atoms with Gasteiger partial charge in [-0.3, -0.25) is 19.9 Å². The highest BCUT2D eigenvalue weighted by atomic mass is 16.2. The maximum atomic E-state index is 12.4. The SMILES string of the molecule is Cc1cc(C=Nc2ccc(N(C)C)cc2)c(C)n1NC(=O)c1ccccc1. The van der Waals surface area contributed by atoms with Crippen LogP contribution in [0.5, 0.6) is 0 Å².